The molecular weight excluding hydrogens is 316 g/mol. The molecule has 1 aromatic carbocycles. The van der Waals surface area contributed by atoms with Crippen LogP contribution in [0.5, 0.6) is 0 Å². The Kier molecular flexibility index (Phi) is 4.98. The minimum Gasteiger partial charge on any atom is -0.370 e. The van der Waals surface area contributed by atoms with Crippen molar-refractivity contribution >= 4 is 17.5 Å². The number of aromatic nitrogens is 1. The summed E-state index contributed by atoms with van der Waals surface area (Å²) in [4.78, 5) is 14.3. The van der Waals surface area contributed by atoms with E-state index in [1.807, 2.05) is 24.3 Å². The second kappa shape index (κ2) is 7.15. The summed E-state index contributed by atoms with van der Waals surface area (Å²) in [6.07, 6.45) is 1.60. The first-order valence-electron chi connectivity index (χ1n) is 7.79. The van der Waals surface area contributed by atoms with Gasteiger partial charge in [0.1, 0.15) is 11.9 Å². The number of carbonyl (C=O) groups excluding carboxylic acids is 1. The third-order valence-electron chi connectivity index (χ3n) is 3.87. The van der Waals surface area contributed by atoms with Crippen LogP contribution in [0.3, 0.4) is 0 Å². The molecule has 3 rings (SSSR count). The summed E-state index contributed by atoms with van der Waals surface area (Å²) >= 11 is 5.91. The average Bonchev–Trinajstić information content (AvgIpc) is 3.04. The Balaban J connectivity index is 1.69. The van der Waals surface area contributed by atoms with E-state index in [1.165, 1.54) is 0 Å². The van der Waals surface area contributed by atoms with Gasteiger partial charge in [0.15, 0.2) is 5.69 Å². The fourth-order valence-corrected chi connectivity index (χ4v) is 2.78. The van der Waals surface area contributed by atoms with Gasteiger partial charge in [0.05, 0.1) is 13.2 Å². The summed E-state index contributed by atoms with van der Waals surface area (Å²) in [6, 6.07) is 9.25. The van der Waals surface area contributed by atoms with Crippen LogP contribution in [-0.2, 0) is 11.2 Å². The normalized spacial score (nSPS) is 18.2. The Morgan fingerprint density at radius 2 is 2.17 bits per heavy atom. The number of halogens is 1. The molecule has 2 aromatic rings. The van der Waals surface area contributed by atoms with Crippen molar-refractivity contribution in [3.8, 4) is 0 Å². The Hall–Kier alpha value is -1.85. The first kappa shape index (κ1) is 16.0. The van der Waals surface area contributed by atoms with E-state index in [0.29, 0.717) is 30.4 Å². The van der Waals surface area contributed by atoms with Crippen LogP contribution in [0.15, 0.2) is 34.9 Å². The molecule has 6 heteroatoms. The molecule has 2 heterocycles. The highest BCUT2D eigenvalue weighted by molar-refractivity contribution is 6.30. The molecule has 1 fully saturated rings. The second-order valence-corrected chi connectivity index (χ2v) is 6.03. The zero-order chi connectivity index (χ0) is 16.2. The van der Waals surface area contributed by atoms with Gasteiger partial charge in [-0.2, -0.15) is 0 Å². The van der Waals surface area contributed by atoms with Gasteiger partial charge >= 0.3 is 0 Å². The lowest BCUT2D eigenvalue weighted by atomic mass is 10.1. The third kappa shape index (κ3) is 3.74. The number of morpholine rings is 1. The average molecular weight is 335 g/mol. The van der Waals surface area contributed by atoms with E-state index < -0.39 is 0 Å². The third-order valence-corrected chi connectivity index (χ3v) is 4.12. The van der Waals surface area contributed by atoms with Crippen LogP contribution in [0.4, 0.5) is 0 Å². The predicted molar refractivity (Wildman–Crippen MR) is 86.5 cm³/mol. The second-order valence-electron chi connectivity index (χ2n) is 5.59. The van der Waals surface area contributed by atoms with Crippen LogP contribution in [0.1, 0.15) is 41.3 Å². The number of carbonyl (C=O) groups is 1. The van der Waals surface area contributed by atoms with Crippen molar-refractivity contribution in [1.29, 1.82) is 0 Å². The maximum atomic E-state index is 12.6. The maximum Gasteiger partial charge on any atom is 0.276 e. The molecule has 0 N–H and O–H groups in total. The molecule has 0 spiro atoms. The van der Waals surface area contributed by atoms with Gasteiger partial charge in [-0.25, -0.2) is 0 Å². The number of aryl methyl sites for hydroxylation is 1. The lowest BCUT2D eigenvalue weighted by Crippen LogP contribution is -2.42. The van der Waals surface area contributed by atoms with Crippen molar-refractivity contribution in [1.82, 2.24) is 10.1 Å². The number of ether oxygens (including phenoxy) is 1. The van der Waals surface area contributed by atoms with Gasteiger partial charge < -0.3 is 14.2 Å². The standard InChI is InChI=1S/C17H19ClN2O3/c1-2-3-14-10-15(19-23-14)17(21)20-8-9-22-16(11-20)12-4-6-13(18)7-5-12/h4-7,10,16H,2-3,8-9,11H2,1H3. The van der Waals surface area contributed by atoms with Crippen LogP contribution >= 0.6 is 11.6 Å². The quantitative estimate of drug-likeness (QED) is 0.858. The number of rotatable bonds is 4. The largest absolute Gasteiger partial charge is 0.370 e. The van der Waals surface area contributed by atoms with E-state index in [1.54, 1.807) is 11.0 Å². The zero-order valence-corrected chi connectivity index (χ0v) is 13.8. The van der Waals surface area contributed by atoms with Crippen LogP contribution < -0.4 is 0 Å². The molecule has 23 heavy (non-hydrogen) atoms. The lowest BCUT2D eigenvalue weighted by Gasteiger charge is -2.32. The molecule has 5 nitrogen and oxygen atoms in total. The molecule has 1 aromatic heterocycles. The van der Waals surface area contributed by atoms with Gasteiger partial charge in [0.25, 0.3) is 5.91 Å². The zero-order valence-electron chi connectivity index (χ0n) is 13.0. The minimum atomic E-state index is -0.146. The fourth-order valence-electron chi connectivity index (χ4n) is 2.65. The van der Waals surface area contributed by atoms with Crippen LogP contribution in [-0.4, -0.2) is 35.7 Å². The number of hydrogen-bond acceptors (Lipinski definition) is 4. The van der Waals surface area contributed by atoms with Crippen molar-refractivity contribution in [2.45, 2.75) is 25.9 Å². The highest BCUT2D eigenvalue weighted by Crippen LogP contribution is 2.24. The van der Waals surface area contributed by atoms with Crippen LogP contribution in [0.2, 0.25) is 5.02 Å². The SMILES string of the molecule is CCCc1cc(C(=O)N2CCOC(c3ccc(Cl)cc3)C2)no1. The highest BCUT2D eigenvalue weighted by atomic mass is 35.5. The fraction of sp³-hybridized carbons (Fsp3) is 0.412. The van der Waals surface area contributed by atoms with Gasteiger partial charge in [-0.1, -0.05) is 35.8 Å². The summed E-state index contributed by atoms with van der Waals surface area (Å²) in [6.45, 7) is 3.61. The minimum absolute atomic E-state index is 0.113. The summed E-state index contributed by atoms with van der Waals surface area (Å²) in [5, 5.41) is 4.58. The first-order chi connectivity index (χ1) is 11.2. The van der Waals surface area contributed by atoms with Gasteiger partial charge in [0, 0.05) is 24.1 Å². The molecule has 1 atom stereocenters. The molecule has 1 amide bonds. The molecule has 122 valence electrons. The summed E-state index contributed by atoms with van der Waals surface area (Å²) in [5.74, 6) is 0.636. The molecule has 1 aliphatic rings. The predicted octanol–water partition coefficient (Wildman–Crippen LogP) is 3.49. The van der Waals surface area contributed by atoms with E-state index in [4.69, 9.17) is 20.9 Å². The molecule has 0 saturated carbocycles. The topological polar surface area (TPSA) is 55.6 Å². The highest BCUT2D eigenvalue weighted by Gasteiger charge is 2.27. The van der Waals surface area contributed by atoms with Gasteiger partial charge in [-0.05, 0) is 24.1 Å². The number of amides is 1. The van der Waals surface area contributed by atoms with Crippen molar-refractivity contribution in [3.63, 3.8) is 0 Å². The Bertz CT molecular complexity index is 669. The van der Waals surface area contributed by atoms with E-state index >= 15 is 0 Å². The van der Waals surface area contributed by atoms with Crippen molar-refractivity contribution < 1.29 is 14.1 Å². The monoisotopic (exact) mass is 334 g/mol. The Morgan fingerprint density at radius 1 is 1.39 bits per heavy atom. The van der Waals surface area contributed by atoms with E-state index in [9.17, 15) is 4.79 Å². The molecule has 1 aliphatic heterocycles. The van der Waals surface area contributed by atoms with Gasteiger partial charge in [-0.15, -0.1) is 0 Å². The Morgan fingerprint density at radius 3 is 2.91 bits per heavy atom. The smallest absolute Gasteiger partial charge is 0.276 e. The van der Waals surface area contributed by atoms with E-state index in [-0.39, 0.29) is 12.0 Å². The molecular formula is C17H19ClN2O3. The maximum absolute atomic E-state index is 12.6. The molecule has 0 aliphatic carbocycles. The van der Waals surface area contributed by atoms with Crippen LogP contribution in [0, 0.1) is 0 Å². The van der Waals surface area contributed by atoms with Crippen molar-refractivity contribution in [2.24, 2.45) is 0 Å². The Labute approximate surface area is 140 Å². The first-order valence-corrected chi connectivity index (χ1v) is 8.17. The van der Waals surface area contributed by atoms with Crippen molar-refractivity contribution in [3.05, 3.63) is 52.4 Å². The number of hydrogen-bond donors (Lipinski definition) is 0. The van der Waals surface area contributed by atoms with E-state index in [2.05, 4.69) is 12.1 Å². The van der Waals surface area contributed by atoms with Crippen LogP contribution in [0.25, 0.3) is 0 Å². The molecule has 0 bridgehead atoms. The summed E-state index contributed by atoms with van der Waals surface area (Å²) in [7, 11) is 0. The number of nitrogens with zero attached hydrogens (tertiary/aromatic N) is 2. The van der Waals surface area contributed by atoms with E-state index in [0.717, 1.165) is 24.2 Å². The number of benzene rings is 1. The molecule has 0 radical (unpaired) electrons. The van der Waals surface area contributed by atoms with Crippen molar-refractivity contribution in [2.75, 3.05) is 19.7 Å². The van der Waals surface area contributed by atoms with Gasteiger partial charge in [0.2, 0.25) is 0 Å². The van der Waals surface area contributed by atoms with Gasteiger partial charge in [-0.3, -0.25) is 4.79 Å². The summed E-state index contributed by atoms with van der Waals surface area (Å²) in [5.41, 5.74) is 1.38. The molecule has 1 unspecified atom stereocenters. The molecule has 1 saturated heterocycles. The lowest BCUT2D eigenvalue weighted by molar-refractivity contribution is -0.0231. The summed E-state index contributed by atoms with van der Waals surface area (Å²) < 4.78 is 11.0.